The summed E-state index contributed by atoms with van der Waals surface area (Å²) in [6.45, 7) is 4.32. The third-order valence-electron chi connectivity index (χ3n) is 5.34. The molecule has 0 heterocycles. The fraction of sp³-hybridized carbons (Fsp3) is 0.750. The number of esters is 1. The summed E-state index contributed by atoms with van der Waals surface area (Å²) >= 11 is 0. The molecule has 0 N–H and O–H groups in total. The maximum Gasteiger partial charge on any atom is 0.409 e. The van der Waals surface area contributed by atoms with E-state index in [0.29, 0.717) is 19.3 Å². The lowest BCUT2D eigenvalue weighted by atomic mass is 9.47. The van der Waals surface area contributed by atoms with Gasteiger partial charge in [-0.05, 0) is 26.7 Å². The first-order valence-electron chi connectivity index (χ1n) is 7.77. The molecule has 0 aliphatic heterocycles. The zero-order chi connectivity index (χ0) is 17.2. The maximum absolute atomic E-state index is 14.1. The molecule has 0 unspecified atom stereocenters. The van der Waals surface area contributed by atoms with E-state index in [-0.39, 0.29) is 12.2 Å². The normalized spacial score (nSPS) is 36.0. The minimum atomic E-state index is -4.77. The SMILES string of the molecule is CC(=O)OC1=C(OC(C)C)[C@]2(C(F)(F)F)C(=O)C[C@@]23CCC[C@@H]13. The molecule has 0 amide bonds. The molecule has 0 saturated heterocycles. The fourth-order valence-corrected chi connectivity index (χ4v) is 4.76. The molecule has 0 radical (unpaired) electrons. The van der Waals surface area contributed by atoms with Crippen LogP contribution in [0.3, 0.4) is 0 Å². The van der Waals surface area contributed by atoms with Crippen LogP contribution in [0.1, 0.15) is 46.5 Å². The van der Waals surface area contributed by atoms with Crippen LogP contribution >= 0.6 is 0 Å². The summed E-state index contributed by atoms with van der Waals surface area (Å²) in [6, 6.07) is 0. The third kappa shape index (κ3) is 1.79. The minimum absolute atomic E-state index is 0.0770. The Kier molecular flexibility index (Phi) is 3.36. The van der Waals surface area contributed by atoms with Gasteiger partial charge in [0.05, 0.1) is 6.10 Å². The van der Waals surface area contributed by atoms with Crippen molar-refractivity contribution >= 4 is 11.8 Å². The van der Waals surface area contributed by atoms with Gasteiger partial charge in [0.25, 0.3) is 0 Å². The molecule has 3 aliphatic rings. The van der Waals surface area contributed by atoms with Crippen LogP contribution in [0.15, 0.2) is 11.5 Å². The lowest BCUT2D eigenvalue weighted by Crippen LogP contribution is -2.66. The smallest absolute Gasteiger partial charge is 0.409 e. The highest BCUT2D eigenvalue weighted by Crippen LogP contribution is 2.78. The Morgan fingerprint density at radius 3 is 2.48 bits per heavy atom. The van der Waals surface area contributed by atoms with Crippen LogP contribution in [0.5, 0.6) is 0 Å². The number of ketones is 1. The second kappa shape index (κ2) is 4.74. The average molecular weight is 332 g/mol. The lowest BCUT2D eigenvalue weighted by molar-refractivity contribution is -0.274. The molecule has 23 heavy (non-hydrogen) atoms. The molecule has 128 valence electrons. The van der Waals surface area contributed by atoms with Gasteiger partial charge in [0.1, 0.15) is 0 Å². The van der Waals surface area contributed by atoms with Gasteiger partial charge in [0.15, 0.2) is 22.7 Å². The molecule has 1 spiro atoms. The number of rotatable bonds is 3. The Bertz CT molecular complexity index is 607. The first kappa shape index (κ1) is 16.3. The van der Waals surface area contributed by atoms with E-state index in [0.717, 1.165) is 6.92 Å². The van der Waals surface area contributed by atoms with E-state index in [4.69, 9.17) is 9.47 Å². The molecule has 3 atom stereocenters. The molecule has 4 nitrogen and oxygen atoms in total. The predicted octanol–water partition coefficient (Wildman–Crippen LogP) is 3.51. The summed E-state index contributed by atoms with van der Waals surface area (Å²) < 4.78 is 52.8. The number of Topliss-reactive ketones (excluding diaryl/α,β-unsaturated/α-hetero) is 1. The van der Waals surface area contributed by atoms with E-state index in [9.17, 15) is 22.8 Å². The monoisotopic (exact) mass is 332 g/mol. The largest absolute Gasteiger partial charge is 0.490 e. The predicted molar refractivity (Wildman–Crippen MR) is 72.9 cm³/mol. The summed E-state index contributed by atoms with van der Waals surface area (Å²) in [7, 11) is 0. The van der Waals surface area contributed by atoms with Gasteiger partial charge in [0.2, 0.25) is 0 Å². The quantitative estimate of drug-likeness (QED) is 0.742. The van der Waals surface area contributed by atoms with Crippen molar-refractivity contribution in [2.75, 3.05) is 0 Å². The number of halogens is 3. The van der Waals surface area contributed by atoms with Gasteiger partial charge in [-0.15, -0.1) is 0 Å². The Hall–Kier alpha value is -1.53. The van der Waals surface area contributed by atoms with Crippen molar-refractivity contribution < 1.29 is 32.2 Å². The Morgan fingerprint density at radius 1 is 1.35 bits per heavy atom. The van der Waals surface area contributed by atoms with E-state index in [1.807, 2.05) is 0 Å². The second-order valence-electron chi connectivity index (χ2n) is 6.90. The van der Waals surface area contributed by atoms with Crippen molar-refractivity contribution in [2.45, 2.75) is 58.7 Å². The van der Waals surface area contributed by atoms with E-state index in [2.05, 4.69) is 0 Å². The van der Waals surface area contributed by atoms with Gasteiger partial charge in [-0.3, -0.25) is 9.59 Å². The van der Waals surface area contributed by atoms with Gasteiger partial charge >= 0.3 is 12.1 Å². The van der Waals surface area contributed by atoms with E-state index < -0.39 is 46.5 Å². The van der Waals surface area contributed by atoms with Crippen molar-refractivity contribution in [2.24, 2.45) is 16.7 Å². The summed E-state index contributed by atoms with van der Waals surface area (Å²) in [5.74, 6) is -2.71. The van der Waals surface area contributed by atoms with Gasteiger partial charge in [0, 0.05) is 24.7 Å². The van der Waals surface area contributed by atoms with E-state index >= 15 is 0 Å². The summed E-state index contributed by atoms with van der Waals surface area (Å²) in [4.78, 5) is 23.7. The van der Waals surface area contributed by atoms with Crippen molar-refractivity contribution in [1.82, 2.24) is 0 Å². The number of carbonyl (C=O) groups is 2. The highest BCUT2D eigenvalue weighted by atomic mass is 19.4. The van der Waals surface area contributed by atoms with Crippen LogP contribution in [-0.4, -0.2) is 24.0 Å². The van der Waals surface area contributed by atoms with Crippen LogP contribution in [-0.2, 0) is 19.1 Å². The molecule has 0 aromatic carbocycles. The van der Waals surface area contributed by atoms with Crippen LogP contribution in [0, 0.1) is 16.7 Å². The number of allylic oxidation sites excluding steroid dienone is 2. The number of carbonyl (C=O) groups excluding carboxylic acids is 2. The third-order valence-corrected chi connectivity index (χ3v) is 5.34. The fourth-order valence-electron chi connectivity index (χ4n) is 4.76. The lowest BCUT2D eigenvalue weighted by Gasteiger charge is -2.54. The Balaban J connectivity index is 2.24. The molecule has 3 aliphatic carbocycles. The highest BCUT2D eigenvalue weighted by molar-refractivity contribution is 5.98. The van der Waals surface area contributed by atoms with E-state index in [1.54, 1.807) is 13.8 Å². The molecule has 0 bridgehead atoms. The highest BCUT2D eigenvalue weighted by Gasteiger charge is 2.87. The molecule has 2 saturated carbocycles. The van der Waals surface area contributed by atoms with Crippen molar-refractivity contribution in [3.8, 4) is 0 Å². The first-order chi connectivity index (χ1) is 10.6. The topological polar surface area (TPSA) is 52.6 Å². The zero-order valence-corrected chi connectivity index (χ0v) is 13.3. The maximum atomic E-state index is 14.1. The molecule has 0 aromatic rings. The number of alkyl halides is 3. The first-order valence-corrected chi connectivity index (χ1v) is 7.77. The molecular weight excluding hydrogens is 313 g/mol. The number of hydrogen-bond donors (Lipinski definition) is 0. The van der Waals surface area contributed by atoms with Crippen LogP contribution in [0.4, 0.5) is 13.2 Å². The van der Waals surface area contributed by atoms with Gasteiger partial charge < -0.3 is 9.47 Å². The molecule has 3 rings (SSSR count). The second-order valence-corrected chi connectivity index (χ2v) is 6.90. The van der Waals surface area contributed by atoms with Gasteiger partial charge in [-0.25, -0.2) is 0 Å². The van der Waals surface area contributed by atoms with Crippen LogP contribution < -0.4 is 0 Å². The molecule has 7 heteroatoms. The Morgan fingerprint density at radius 2 is 2.00 bits per heavy atom. The average Bonchev–Trinajstić information content (AvgIpc) is 2.83. The van der Waals surface area contributed by atoms with Crippen LogP contribution in [0.25, 0.3) is 0 Å². The zero-order valence-electron chi connectivity index (χ0n) is 13.3. The molecular formula is C16H19F3O4. The summed E-state index contributed by atoms with van der Waals surface area (Å²) in [5, 5.41) is 0. The van der Waals surface area contributed by atoms with Crippen molar-refractivity contribution in [3.63, 3.8) is 0 Å². The van der Waals surface area contributed by atoms with Gasteiger partial charge in [-0.1, -0.05) is 6.42 Å². The standard InChI is InChI=1S/C16H19F3O4/c1-8(2)22-13-12(23-9(3)20)10-5-4-6-14(10)7-11(21)15(13,14)16(17,18)19/h8,10H,4-7H2,1-3H3/t10-,14+,15+/m0/s1. The van der Waals surface area contributed by atoms with Crippen LogP contribution in [0.2, 0.25) is 0 Å². The number of hydrogen-bond acceptors (Lipinski definition) is 4. The molecule has 2 fully saturated rings. The minimum Gasteiger partial charge on any atom is -0.490 e. The Labute approximate surface area is 132 Å². The van der Waals surface area contributed by atoms with Crippen molar-refractivity contribution in [3.05, 3.63) is 11.5 Å². The number of ether oxygens (including phenoxy) is 2. The van der Waals surface area contributed by atoms with Crippen molar-refractivity contribution in [1.29, 1.82) is 0 Å². The molecule has 0 aromatic heterocycles. The summed E-state index contributed by atoms with van der Waals surface area (Å²) in [6.07, 6.45) is -4.12. The summed E-state index contributed by atoms with van der Waals surface area (Å²) in [5.41, 5.74) is -3.88. The van der Waals surface area contributed by atoms with Gasteiger partial charge in [-0.2, -0.15) is 13.2 Å². The van der Waals surface area contributed by atoms with E-state index in [1.165, 1.54) is 0 Å².